The maximum Gasteiger partial charge on any atom is 0.236 e. The summed E-state index contributed by atoms with van der Waals surface area (Å²) < 4.78 is 27.6. The van der Waals surface area contributed by atoms with Gasteiger partial charge < -0.3 is 26.0 Å². The maximum absolute atomic E-state index is 13.8. The first-order valence-corrected chi connectivity index (χ1v) is 12.2. The van der Waals surface area contributed by atoms with Crippen molar-refractivity contribution in [3.8, 4) is 0 Å². The second-order valence-electron chi connectivity index (χ2n) is 9.68. The summed E-state index contributed by atoms with van der Waals surface area (Å²) in [4.78, 5) is 40.8. The van der Waals surface area contributed by atoms with Crippen LogP contribution in [0.3, 0.4) is 0 Å². The van der Waals surface area contributed by atoms with Crippen LogP contribution in [-0.4, -0.2) is 96.6 Å². The summed E-state index contributed by atoms with van der Waals surface area (Å²) in [6.07, 6.45) is 0.982. The highest BCUT2D eigenvalue weighted by Crippen LogP contribution is 2.17. The summed E-state index contributed by atoms with van der Waals surface area (Å²) in [6, 6.07) is 1.78. The van der Waals surface area contributed by atoms with Gasteiger partial charge in [0.15, 0.2) is 0 Å². The van der Waals surface area contributed by atoms with Gasteiger partial charge in [-0.05, 0) is 37.0 Å². The SMILES string of the molecule is O=C1C[C@H](C(=O)N[C@@H](Cc2cc(F)cc(F)c2)[C@H](O)[C@H]2CN(CC(=O)N3CCCC3)CCN2)CN1. The fourth-order valence-electron chi connectivity index (χ4n) is 5.08. The first kappa shape index (κ1) is 25.5. The van der Waals surface area contributed by atoms with Gasteiger partial charge in [-0.1, -0.05) is 0 Å². The van der Waals surface area contributed by atoms with Crippen LogP contribution in [0.25, 0.3) is 0 Å². The number of carbonyl (C=O) groups excluding carboxylic acids is 3. The van der Waals surface area contributed by atoms with Crippen LogP contribution in [0.2, 0.25) is 0 Å². The molecular formula is C24H33F2N5O4. The number of benzene rings is 1. The molecule has 3 amide bonds. The molecule has 4 N–H and O–H groups in total. The van der Waals surface area contributed by atoms with Crippen LogP contribution in [0.15, 0.2) is 18.2 Å². The van der Waals surface area contributed by atoms with Crippen LogP contribution in [0.1, 0.15) is 24.8 Å². The van der Waals surface area contributed by atoms with E-state index < -0.39 is 41.6 Å². The Morgan fingerprint density at radius 3 is 2.51 bits per heavy atom. The lowest BCUT2D eigenvalue weighted by Gasteiger charge is -2.39. The van der Waals surface area contributed by atoms with E-state index in [4.69, 9.17) is 0 Å². The molecule has 0 bridgehead atoms. The van der Waals surface area contributed by atoms with Crippen LogP contribution in [-0.2, 0) is 20.8 Å². The van der Waals surface area contributed by atoms with Crippen molar-refractivity contribution >= 4 is 17.7 Å². The molecule has 0 radical (unpaired) electrons. The Labute approximate surface area is 203 Å². The number of rotatable bonds is 8. The topological polar surface area (TPSA) is 114 Å². The molecule has 1 aromatic rings. The van der Waals surface area contributed by atoms with E-state index >= 15 is 0 Å². The number of aliphatic hydroxyl groups is 1. The summed E-state index contributed by atoms with van der Waals surface area (Å²) in [5.74, 6) is -2.62. The minimum absolute atomic E-state index is 0.000565. The Balaban J connectivity index is 1.44. The number of hydrogen-bond donors (Lipinski definition) is 4. The van der Waals surface area contributed by atoms with Crippen LogP contribution in [0.4, 0.5) is 8.78 Å². The number of nitrogens with one attached hydrogen (secondary N) is 3. The highest BCUT2D eigenvalue weighted by molar-refractivity contribution is 5.89. The van der Waals surface area contributed by atoms with Crippen LogP contribution in [0, 0.1) is 17.6 Å². The molecule has 192 valence electrons. The second-order valence-corrected chi connectivity index (χ2v) is 9.68. The average Bonchev–Trinajstić information content (AvgIpc) is 3.50. The molecule has 4 atom stereocenters. The number of amides is 3. The van der Waals surface area contributed by atoms with Crippen molar-refractivity contribution < 1.29 is 28.3 Å². The van der Waals surface area contributed by atoms with Gasteiger partial charge in [0.05, 0.1) is 24.6 Å². The molecule has 4 rings (SSSR count). The van der Waals surface area contributed by atoms with Gasteiger partial charge in [0.2, 0.25) is 17.7 Å². The first-order valence-electron chi connectivity index (χ1n) is 12.2. The van der Waals surface area contributed by atoms with E-state index in [9.17, 15) is 28.3 Å². The van der Waals surface area contributed by atoms with Crippen molar-refractivity contribution in [2.75, 3.05) is 45.8 Å². The highest BCUT2D eigenvalue weighted by Gasteiger charge is 2.36. The monoisotopic (exact) mass is 493 g/mol. The normalized spacial score (nSPS) is 24.8. The largest absolute Gasteiger partial charge is 0.389 e. The van der Waals surface area contributed by atoms with Crippen molar-refractivity contribution in [2.45, 2.75) is 43.9 Å². The van der Waals surface area contributed by atoms with E-state index in [0.717, 1.165) is 32.0 Å². The predicted octanol–water partition coefficient (Wildman–Crippen LogP) is -0.615. The van der Waals surface area contributed by atoms with E-state index in [2.05, 4.69) is 16.0 Å². The van der Waals surface area contributed by atoms with Crippen molar-refractivity contribution in [3.63, 3.8) is 0 Å². The van der Waals surface area contributed by atoms with Crippen molar-refractivity contribution in [1.82, 2.24) is 25.8 Å². The lowest BCUT2D eigenvalue weighted by atomic mass is 9.94. The van der Waals surface area contributed by atoms with E-state index in [1.54, 1.807) is 0 Å². The third kappa shape index (κ3) is 6.74. The van der Waals surface area contributed by atoms with Crippen molar-refractivity contribution in [3.05, 3.63) is 35.4 Å². The Bertz CT molecular complexity index is 922. The molecule has 3 aliphatic heterocycles. The van der Waals surface area contributed by atoms with E-state index in [0.29, 0.717) is 25.2 Å². The minimum atomic E-state index is -1.10. The van der Waals surface area contributed by atoms with Gasteiger partial charge in [-0.15, -0.1) is 0 Å². The number of halogens is 2. The Hall–Kier alpha value is -2.63. The molecule has 9 nitrogen and oxygen atoms in total. The summed E-state index contributed by atoms with van der Waals surface area (Å²) in [5, 5.41) is 19.9. The highest BCUT2D eigenvalue weighted by atomic mass is 19.1. The second kappa shape index (κ2) is 11.4. The molecule has 3 fully saturated rings. The van der Waals surface area contributed by atoms with Crippen LogP contribution < -0.4 is 16.0 Å². The summed E-state index contributed by atoms with van der Waals surface area (Å²) in [7, 11) is 0. The molecule has 0 saturated carbocycles. The zero-order chi connectivity index (χ0) is 24.9. The smallest absolute Gasteiger partial charge is 0.236 e. The third-order valence-electron chi connectivity index (χ3n) is 6.99. The molecule has 3 saturated heterocycles. The quantitative estimate of drug-likeness (QED) is 0.384. The third-order valence-corrected chi connectivity index (χ3v) is 6.99. The lowest BCUT2D eigenvalue weighted by molar-refractivity contribution is -0.131. The van der Waals surface area contributed by atoms with Gasteiger partial charge in [0.25, 0.3) is 0 Å². The predicted molar refractivity (Wildman–Crippen MR) is 123 cm³/mol. The first-order chi connectivity index (χ1) is 16.8. The molecule has 35 heavy (non-hydrogen) atoms. The number of likely N-dealkylation sites (tertiary alicyclic amines) is 1. The molecule has 3 heterocycles. The molecule has 0 aliphatic carbocycles. The van der Waals surface area contributed by atoms with E-state index in [1.165, 1.54) is 12.1 Å². The van der Waals surface area contributed by atoms with Crippen molar-refractivity contribution in [2.24, 2.45) is 5.92 Å². The number of hydrogen-bond acceptors (Lipinski definition) is 6. The Morgan fingerprint density at radius 1 is 1.14 bits per heavy atom. The van der Waals surface area contributed by atoms with E-state index in [-0.39, 0.29) is 37.7 Å². The summed E-state index contributed by atoms with van der Waals surface area (Å²) in [6.45, 7) is 3.58. The van der Waals surface area contributed by atoms with E-state index in [1.807, 2.05) is 9.80 Å². The molecule has 0 aromatic heterocycles. The molecule has 3 aliphatic rings. The number of nitrogens with zero attached hydrogens (tertiary/aromatic N) is 2. The Morgan fingerprint density at radius 2 is 1.86 bits per heavy atom. The molecular weight excluding hydrogens is 460 g/mol. The van der Waals surface area contributed by atoms with Gasteiger partial charge in [0.1, 0.15) is 11.6 Å². The fraction of sp³-hybridized carbons (Fsp3) is 0.625. The molecule has 0 spiro atoms. The Kier molecular flexibility index (Phi) is 8.30. The van der Waals surface area contributed by atoms with Crippen LogP contribution in [0.5, 0.6) is 0 Å². The standard InChI is InChI=1S/C24H33F2N5O4/c25-17-7-15(8-18(26)11-17)9-19(29-24(35)16-10-21(32)28-12-16)23(34)20-13-30(6-3-27-20)14-22(33)31-4-1-2-5-31/h7-8,11,16,19-20,23,27,34H,1-6,9-10,12-14H2,(H,28,32)(H,29,35)/t16-,19-,20+,23-/m0/s1. The number of carbonyl (C=O) groups is 3. The van der Waals surface area contributed by atoms with Crippen LogP contribution >= 0.6 is 0 Å². The molecule has 0 unspecified atom stereocenters. The molecule has 11 heteroatoms. The number of piperazine rings is 1. The fourth-order valence-corrected chi connectivity index (χ4v) is 5.08. The minimum Gasteiger partial charge on any atom is -0.389 e. The van der Waals surface area contributed by atoms with Gasteiger partial charge in [-0.3, -0.25) is 19.3 Å². The van der Waals surface area contributed by atoms with Gasteiger partial charge in [-0.2, -0.15) is 0 Å². The van der Waals surface area contributed by atoms with Gasteiger partial charge >= 0.3 is 0 Å². The van der Waals surface area contributed by atoms with Gasteiger partial charge in [-0.25, -0.2) is 8.78 Å². The summed E-state index contributed by atoms with van der Waals surface area (Å²) in [5.41, 5.74) is 0.296. The zero-order valence-electron chi connectivity index (χ0n) is 19.6. The lowest BCUT2D eigenvalue weighted by Crippen LogP contribution is -2.62. The number of aliphatic hydroxyl groups excluding tert-OH is 1. The molecule has 1 aromatic carbocycles. The zero-order valence-corrected chi connectivity index (χ0v) is 19.6. The summed E-state index contributed by atoms with van der Waals surface area (Å²) >= 11 is 0. The average molecular weight is 494 g/mol. The van der Waals surface area contributed by atoms with Crippen molar-refractivity contribution in [1.29, 1.82) is 0 Å². The maximum atomic E-state index is 13.8. The van der Waals surface area contributed by atoms with Gasteiger partial charge in [0, 0.05) is 57.8 Å².